The predicted molar refractivity (Wildman–Crippen MR) is 91.7 cm³/mol. The van der Waals surface area contributed by atoms with Gasteiger partial charge in [0.2, 0.25) is 0 Å². The number of hydrogen-bond acceptors (Lipinski definition) is 6. The maximum Gasteiger partial charge on any atom is 0.275 e. The summed E-state index contributed by atoms with van der Waals surface area (Å²) in [7, 11) is 0. The van der Waals surface area contributed by atoms with Crippen molar-refractivity contribution < 1.29 is 4.79 Å². The molecule has 0 aliphatic rings. The van der Waals surface area contributed by atoms with Crippen LogP contribution in [0.2, 0.25) is 0 Å². The standard InChI is InChI=1S/C17H13N5OS/c1-10-5-13(12-3-4-19-14(6-12)8-18)7-15(20-10)17(23)22-16-9-24-11(2)21-16/h3-7,9H,1-2H3,(H,22,23). The molecule has 24 heavy (non-hydrogen) atoms. The third-order valence-electron chi connectivity index (χ3n) is 3.25. The fourth-order valence-electron chi connectivity index (χ4n) is 2.22. The highest BCUT2D eigenvalue weighted by molar-refractivity contribution is 7.09. The molecule has 3 rings (SSSR count). The van der Waals surface area contributed by atoms with Gasteiger partial charge in [-0.15, -0.1) is 11.3 Å². The van der Waals surface area contributed by atoms with Crippen molar-refractivity contribution in [1.82, 2.24) is 15.0 Å². The molecule has 3 heterocycles. The molecule has 0 aromatic carbocycles. The Bertz CT molecular complexity index is 958. The van der Waals surface area contributed by atoms with Crippen molar-refractivity contribution in [3.63, 3.8) is 0 Å². The van der Waals surface area contributed by atoms with E-state index in [4.69, 9.17) is 5.26 Å². The number of hydrogen-bond donors (Lipinski definition) is 1. The van der Waals surface area contributed by atoms with Gasteiger partial charge in [0, 0.05) is 17.3 Å². The summed E-state index contributed by atoms with van der Waals surface area (Å²) >= 11 is 1.47. The maximum atomic E-state index is 12.4. The second-order valence-electron chi connectivity index (χ2n) is 5.13. The SMILES string of the molecule is Cc1cc(-c2ccnc(C#N)c2)cc(C(=O)Nc2csc(C)n2)n1. The highest BCUT2D eigenvalue weighted by Gasteiger charge is 2.12. The van der Waals surface area contributed by atoms with Crippen molar-refractivity contribution in [1.29, 1.82) is 5.26 Å². The average molecular weight is 335 g/mol. The number of amides is 1. The summed E-state index contributed by atoms with van der Waals surface area (Å²) < 4.78 is 0. The van der Waals surface area contributed by atoms with Crippen LogP contribution in [-0.4, -0.2) is 20.9 Å². The van der Waals surface area contributed by atoms with Crippen molar-refractivity contribution in [2.75, 3.05) is 5.32 Å². The molecule has 0 aliphatic heterocycles. The lowest BCUT2D eigenvalue weighted by Gasteiger charge is -2.07. The molecule has 3 aromatic heterocycles. The van der Waals surface area contributed by atoms with Crippen molar-refractivity contribution in [2.24, 2.45) is 0 Å². The predicted octanol–water partition coefficient (Wildman–Crippen LogP) is 3.34. The number of aryl methyl sites for hydroxylation is 2. The van der Waals surface area contributed by atoms with E-state index in [9.17, 15) is 4.79 Å². The molecule has 6 nitrogen and oxygen atoms in total. The summed E-state index contributed by atoms with van der Waals surface area (Å²) in [5, 5.41) is 14.4. The second kappa shape index (κ2) is 6.56. The zero-order valence-electron chi connectivity index (χ0n) is 13.1. The monoisotopic (exact) mass is 335 g/mol. The van der Waals surface area contributed by atoms with Crippen LogP contribution in [0.4, 0.5) is 5.82 Å². The molecule has 0 fully saturated rings. The third-order valence-corrected chi connectivity index (χ3v) is 4.03. The number of nitriles is 1. The van der Waals surface area contributed by atoms with Crippen molar-refractivity contribution in [3.05, 3.63) is 57.9 Å². The van der Waals surface area contributed by atoms with E-state index in [1.54, 1.807) is 29.8 Å². The van der Waals surface area contributed by atoms with Gasteiger partial charge in [0.05, 0.1) is 5.01 Å². The van der Waals surface area contributed by atoms with Crippen molar-refractivity contribution >= 4 is 23.1 Å². The van der Waals surface area contributed by atoms with E-state index in [0.717, 1.165) is 16.1 Å². The summed E-state index contributed by atoms with van der Waals surface area (Å²) in [6.07, 6.45) is 1.57. The summed E-state index contributed by atoms with van der Waals surface area (Å²) in [5.74, 6) is 0.197. The first kappa shape index (κ1) is 15.8. The Morgan fingerprint density at radius 3 is 2.75 bits per heavy atom. The Kier molecular flexibility index (Phi) is 4.31. The van der Waals surface area contributed by atoms with Crippen molar-refractivity contribution in [3.8, 4) is 17.2 Å². The van der Waals surface area contributed by atoms with E-state index in [-0.39, 0.29) is 5.91 Å². The Morgan fingerprint density at radius 1 is 1.21 bits per heavy atom. The van der Waals surface area contributed by atoms with Gasteiger partial charge >= 0.3 is 0 Å². The molecular weight excluding hydrogens is 322 g/mol. The minimum absolute atomic E-state index is 0.297. The minimum atomic E-state index is -0.320. The van der Waals surface area contributed by atoms with E-state index >= 15 is 0 Å². The van der Waals surface area contributed by atoms with Crippen LogP contribution in [0.5, 0.6) is 0 Å². The van der Waals surface area contributed by atoms with E-state index in [2.05, 4.69) is 20.3 Å². The molecule has 0 saturated heterocycles. The normalized spacial score (nSPS) is 10.2. The number of anilines is 1. The molecule has 0 spiro atoms. The van der Waals surface area contributed by atoms with Crippen molar-refractivity contribution in [2.45, 2.75) is 13.8 Å². The molecule has 3 aromatic rings. The highest BCUT2D eigenvalue weighted by Crippen LogP contribution is 2.22. The molecule has 1 amide bonds. The molecular formula is C17H13N5OS. The van der Waals surface area contributed by atoms with E-state index in [0.29, 0.717) is 22.9 Å². The number of nitrogens with zero attached hydrogens (tertiary/aromatic N) is 4. The molecule has 0 unspecified atom stereocenters. The Morgan fingerprint density at radius 2 is 2.04 bits per heavy atom. The number of thiazole rings is 1. The van der Waals surface area contributed by atoms with Gasteiger partial charge in [-0.3, -0.25) is 4.79 Å². The van der Waals surface area contributed by atoms with Gasteiger partial charge in [-0.05, 0) is 49.2 Å². The molecule has 7 heteroatoms. The molecule has 0 bridgehead atoms. The zero-order chi connectivity index (χ0) is 17.1. The Labute approximate surface area is 142 Å². The first-order valence-electron chi connectivity index (χ1n) is 7.14. The highest BCUT2D eigenvalue weighted by atomic mass is 32.1. The summed E-state index contributed by atoms with van der Waals surface area (Å²) in [6.45, 7) is 3.69. The summed E-state index contributed by atoms with van der Waals surface area (Å²) in [4.78, 5) is 24.9. The van der Waals surface area contributed by atoms with Crippen LogP contribution in [0.1, 0.15) is 26.9 Å². The van der Waals surface area contributed by atoms with Crippen LogP contribution in [0, 0.1) is 25.2 Å². The van der Waals surface area contributed by atoms with Gasteiger partial charge in [0.25, 0.3) is 5.91 Å². The van der Waals surface area contributed by atoms with Crippen LogP contribution < -0.4 is 5.32 Å². The lowest BCUT2D eigenvalue weighted by Crippen LogP contribution is -2.14. The fourth-order valence-corrected chi connectivity index (χ4v) is 2.77. The number of aromatic nitrogens is 3. The first-order chi connectivity index (χ1) is 11.5. The van der Waals surface area contributed by atoms with E-state index < -0.39 is 0 Å². The average Bonchev–Trinajstić information content (AvgIpc) is 2.99. The van der Waals surface area contributed by atoms with Crippen LogP contribution >= 0.6 is 11.3 Å². The van der Waals surface area contributed by atoms with Crippen LogP contribution in [-0.2, 0) is 0 Å². The van der Waals surface area contributed by atoms with Gasteiger partial charge in [-0.2, -0.15) is 5.26 Å². The molecule has 0 atom stereocenters. The molecule has 1 N–H and O–H groups in total. The fraction of sp³-hybridized carbons (Fsp3) is 0.118. The van der Waals surface area contributed by atoms with Gasteiger partial charge in [0.15, 0.2) is 0 Å². The molecule has 0 saturated carbocycles. The zero-order valence-corrected chi connectivity index (χ0v) is 13.9. The number of carbonyl (C=O) groups is 1. The van der Waals surface area contributed by atoms with E-state index in [1.165, 1.54) is 11.3 Å². The number of carbonyl (C=O) groups excluding carboxylic acids is 1. The molecule has 0 aliphatic carbocycles. The number of nitrogens with one attached hydrogen (secondary N) is 1. The Balaban J connectivity index is 1.93. The summed E-state index contributed by atoms with van der Waals surface area (Å²) in [6, 6.07) is 9.04. The first-order valence-corrected chi connectivity index (χ1v) is 8.02. The quantitative estimate of drug-likeness (QED) is 0.792. The minimum Gasteiger partial charge on any atom is -0.305 e. The van der Waals surface area contributed by atoms with Gasteiger partial charge in [-0.1, -0.05) is 0 Å². The molecule has 0 radical (unpaired) electrons. The van der Waals surface area contributed by atoms with E-state index in [1.807, 2.05) is 26.0 Å². The number of pyridine rings is 2. The number of rotatable bonds is 3. The lowest BCUT2D eigenvalue weighted by atomic mass is 10.0. The van der Waals surface area contributed by atoms with Crippen LogP contribution in [0.15, 0.2) is 35.8 Å². The Hall–Kier alpha value is -3.11. The maximum absolute atomic E-state index is 12.4. The van der Waals surface area contributed by atoms with Crippen LogP contribution in [0.3, 0.4) is 0 Å². The smallest absolute Gasteiger partial charge is 0.275 e. The van der Waals surface area contributed by atoms with Gasteiger partial charge in [-0.25, -0.2) is 15.0 Å². The van der Waals surface area contributed by atoms with Crippen LogP contribution in [0.25, 0.3) is 11.1 Å². The van der Waals surface area contributed by atoms with Gasteiger partial charge < -0.3 is 5.32 Å². The largest absolute Gasteiger partial charge is 0.305 e. The third kappa shape index (κ3) is 3.45. The van der Waals surface area contributed by atoms with Gasteiger partial charge in [0.1, 0.15) is 23.3 Å². The summed E-state index contributed by atoms with van der Waals surface area (Å²) in [5.41, 5.74) is 2.95. The lowest BCUT2D eigenvalue weighted by molar-refractivity contribution is 0.102. The second-order valence-corrected chi connectivity index (χ2v) is 6.19. The topological polar surface area (TPSA) is 91.6 Å². The molecule has 118 valence electrons.